The maximum Gasteiger partial charge on any atom is 0.191 e. The molecule has 6 heteroatoms. The van der Waals surface area contributed by atoms with E-state index < -0.39 is 0 Å². The molecule has 0 atom stereocenters. The van der Waals surface area contributed by atoms with Gasteiger partial charge in [0.05, 0.1) is 27.3 Å². The Bertz CT molecular complexity index is 918. The second kappa shape index (κ2) is 4.95. The molecule has 3 aromatic rings. The molecule has 5 nitrogen and oxygen atoms in total. The van der Waals surface area contributed by atoms with Crippen LogP contribution in [0.5, 0.6) is 0 Å². The zero-order chi connectivity index (χ0) is 16.1. The van der Waals surface area contributed by atoms with Crippen molar-refractivity contribution in [2.24, 2.45) is 7.05 Å². The molecule has 0 aliphatic carbocycles. The molecule has 0 fully saturated rings. The number of H-pyrrole nitrogens is 1. The highest BCUT2D eigenvalue weighted by atomic mass is 35.5. The monoisotopic (exact) mass is 316 g/mol. The molecule has 0 aromatic carbocycles. The summed E-state index contributed by atoms with van der Waals surface area (Å²) < 4.78 is 1.71. The van der Waals surface area contributed by atoms with Gasteiger partial charge < -0.3 is 4.98 Å². The fourth-order valence-corrected chi connectivity index (χ4v) is 3.03. The van der Waals surface area contributed by atoms with Gasteiger partial charge in [0, 0.05) is 30.9 Å². The Morgan fingerprint density at radius 1 is 1.32 bits per heavy atom. The number of halogens is 1. The van der Waals surface area contributed by atoms with E-state index in [0.29, 0.717) is 21.8 Å². The summed E-state index contributed by atoms with van der Waals surface area (Å²) in [6.07, 6.45) is 3.21. The van der Waals surface area contributed by atoms with Crippen molar-refractivity contribution in [2.45, 2.75) is 26.2 Å². The number of nitrogens with zero attached hydrogens (tertiary/aromatic N) is 3. The highest BCUT2D eigenvalue weighted by molar-refractivity contribution is 6.33. The summed E-state index contributed by atoms with van der Waals surface area (Å²) in [5.74, 6) is 0. The first kappa shape index (κ1) is 14.8. The van der Waals surface area contributed by atoms with Crippen molar-refractivity contribution in [1.82, 2.24) is 19.7 Å². The van der Waals surface area contributed by atoms with E-state index in [-0.39, 0.29) is 10.8 Å². The quantitative estimate of drug-likeness (QED) is 0.749. The summed E-state index contributed by atoms with van der Waals surface area (Å²) in [4.78, 5) is 19.5. The van der Waals surface area contributed by atoms with Crippen molar-refractivity contribution in [3.8, 4) is 11.4 Å². The Balaban J connectivity index is 2.29. The molecule has 0 aliphatic heterocycles. The van der Waals surface area contributed by atoms with Crippen molar-refractivity contribution in [1.29, 1.82) is 0 Å². The normalized spacial score (nSPS) is 12.0. The highest BCUT2D eigenvalue weighted by Crippen LogP contribution is 2.35. The molecule has 0 spiro atoms. The van der Waals surface area contributed by atoms with Crippen molar-refractivity contribution in [3.63, 3.8) is 0 Å². The standard InChI is InChI=1S/C16H17ClN4O/c1-16(2,3)15-13(17)14(21(4)20-15)11-7-12(22)9-8-18-6-5-10(9)19-11/h5-8H,1-4H3,(H,19,22). The van der Waals surface area contributed by atoms with E-state index in [2.05, 4.69) is 35.8 Å². The maximum absolute atomic E-state index is 12.3. The van der Waals surface area contributed by atoms with Gasteiger partial charge in [-0.05, 0) is 6.07 Å². The van der Waals surface area contributed by atoms with Gasteiger partial charge in [-0.15, -0.1) is 0 Å². The summed E-state index contributed by atoms with van der Waals surface area (Å²) in [6, 6.07) is 3.31. The van der Waals surface area contributed by atoms with Gasteiger partial charge in [0.2, 0.25) is 0 Å². The zero-order valence-corrected chi connectivity index (χ0v) is 13.7. The number of fused-ring (bicyclic) bond motifs is 1. The van der Waals surface area contributed by atoms with Gasteiger partial charge in [0.1, 0.15) is 5.69 Å². The van der Waals surface area contributed by atoms with Gasteiger partial charge >= 0.3 is 0 Å². The van der Waals surface area contributed by atoms with Crippen LogP contribution in [-0.4, -0.2) is 19.7 Å². The van der Waals surface area contributed by atoms with Crippen LogP contribution in [-0.2, 0) is 12.5 Å². The Kier molecular flexibility index (Phi) is 3.33. The molecule has 0 radical (unpaired) electrons. The van der Waals surface area contributed by atoms with Crippen LogP contribution >= 0.6 is 11.6 Å². The molecule has 1 N–H and O–H groups in total. The summed E-state index contributed by atoms with van der Waals surface area (Å²) in [7, 11) is 1.82. The molecule has 0 unspecified atom stereocenters. The van der Waals surface area contributed by atoms with Crippen LogP contribution in [0, 0.1) is 0 Å². The van der Waals surface area contributed by atoms with E-state index in [1.165, 1.54) is 0 Å². The van der Waals surface area contributed by atoms with Gasteiger partial charge in [-0.1, -0.05) is 32.4 Å². The molecule has 0 aliphatic rings. The highest BCUT2D eigenvalue weighted by Gasteiger charge is 2.26. The molecular weight excluding hydrogens is 300 g/mol. The number of hydrogen-bond donors (Lipinski definition) is 1. The third kappa shape index (κ3) is 2.31. The molecule has 114 valence electrons. The van der Waals surface area contributed by atoms with Crippen LogP contribution in [0.4, 0.5) is 0 Å². The predicted molar refractivity (Wildman–Crippen MR) is 88.3 cm³/mol. The SMILES string of the molecule is Cn1nc(C(C)(C)C)c(Cl)c1-c1cc(=O)c2cnccc2[nH]1. The molecular formula is C16H17ClN4O. The second-order valence-corrected chi connectivity index (χ2v) is 6.73. The molecule has 0 amide bonds. The first-order valence-corrected chi connectivity index (χ1v) is 7.37. The third-order valence-corrected chi connectivity index (χ3v) is 3.94. The van der Waals surface area contributed by atoms with Gasteiger partial charge in [-0.3, -0.25) is 14.5 Å². The molecule has 3 aromatic heterocycles. The first-order valence-electron chi connectivity index (χ1n) is 6.99. The number of hydrogen-bond acceptors (Lipinski definition) is 3. The summed E-state index contributed by atoms with van der Waals surface area (Å²) in [5, 5.41) is 5.64. The number of aryl methyl sites for hydroxylation is 1. The Morgan fingerprint density at radius 3 is 2.68 bits per heavy atom. The van der Waals surface area contributed by atoms with E-state index in [4.69, 9.17) is 11.6 Å². The van der Waals surface area contributed by atoms with Crippen LogP contribution in [0.25, 0.3) is 22.3 Å². The Morgan fingerprint density at radius 2 is 2.05 bits per heavy atom. The average Bonchev–Trinajstić information content (AvgIpc) is 2.74. The number of rotatable bonds is 1. The average molecular weight is 317 g/mol. The van der Waals surface area contributed by atoms with Crippen molar-refractivity contribution in [2.75, 3.05) is 0 Å². The lowest BCUT2D eigenvalue weighted by Gasteiger charge is -2.15. The predicted octanol–water partition coefficient (Wildman–Crippen LogP) is 3.27. The molecule has 0 saturated heterocycles. The van der Waals surface area contributed by atoms with E-state index >= 15 is 0 Å². The fourth-order valence-electron chi connectivity index (χ4n) is 2.49. The minimum atomic E-state index is -0.172. The van der Waals surface area contributed by atoms with Crippen LogP contribution in [0.2, 0.25) is 5.02 Å². The minimum absolute atomic E-state index is 0.0913. The fraction of sp³-hybridized carbons (Fsp3) is 0.312. The number of aromatic amines is 1. The van der Waals surface area contributed by atoms with Crippen molar-refractivity contribution in [3.05, 3.63) is 45.5 Å². The van der Waals surface area contributed by atoms with Crippen LogP contribution in [0.1, 0.15) is 26.5 Å². The molecule has 3 rings (SSSR count). The number of pyridine rings is 2. The van der Waals surface area contributed by atoms with Crippen molar-refractivity contribution < 1.29 is 0 Å². The maximum atomic E-state index is 12.3. The lowest BCUT2D eigenvalue weighted by Crippen LogP contribution is -2.12. The second-order valence-electron chi connectivity index (χ2n) is 6.35. The van der Waals surface area contributed by atoms with Gasteiger partial charge in [-0.25, -0.2) is 0 Å². The largest absolute Gasteiger partial charge is 0.353 e. The van der Waals surface area contributed by atoms with E-state index in [9.17, 15) is 4.79 Å². The Hall–Kier alpha value is -2.14. The summed E-state index contributed by atoms with van der Waals surface area (Å²) >= 11 is 6.53. The number of aromatic nitrogens is 4. The van der Waals surface area contributed by atoms with E-state index in [1.807, 2.05) is 7.05 Å². The Labute approximate surface area is 133 Å². The summed E-state index contributed by atoms with van der Waals surface area (Å²) in [6.45, 7) is 6.17. The molecule has 3 heterocycles. The van der Waals surface area contributed by atoms with Gasteiger partial charge in [0.25, 0.3) is 0 Å². The molecule has 22 heavy (non-hydrogen) atoms. The zero-order valence-electron chi connectivity index (χ0n) is 12.9. The third-order valence-electron chi connectivity index (χ3n) is 3.59. The smallest absolute Gasteiger partial charge is 0.191 e. The lowest BCUT2D eigenvalue weighted by atomic mass is 9.92. The number of nitrogens with one attached hydrogen (secondary N) is 1. The minimum Gasteiger partial charge on any atom is -0.353 e. The lowest BCUT2D eigenvalue weighted by molar-refractivity contribution is 0.553. The van der Waals surface area contributed by atoms with Gasteiger partial charge in [-0.2, -0.15) is 5.10 Å². The molecule has 0 bridgehead atoms. The topological polar surface area (TPSA) is 63.6 Å². The van der Waals surface area contributed by atoms with E-state index in [1.54, 1.807) is 29.2 Å². The summed E-state index contributed by atoms with van der Waals surface area (Å²) in [5.41, 5.74) is 2.64. The van der Waals surface area contributed by atoms with Crippen LogP contribution in [0.3, 0.4) is 0 Å². The van der Waals surface area contributed by atoms with E-state index in [0.717, 1.165) is 11.2 Å². The molecule has 0 saturated carbocycles. The van der Waals surface area contributed by atoms with Crippen LogP contribution < -0.4 is 5.43 Å². The van der Waals surface area contributed by atoms with Crippen LogP contribution in [0.15, 0.2) is 29.3 Å². The first-order chi connectivity index (χ1) is 10.3. The van der Waals surface area contributed by atoms with Gasteiger partial charge in [0.15, 0.2) is 5.43 Å². The van der Waals surface area contributed by atoms with Crippen molar-refractivity contribution >= 4 is 22.5 Å².